The van der Waals surface area contributed by atoms with Gasteiger partial charge in [0, 0.05) is 32.2 Å². The van der Waals surface area contributed by atoms with Gasteiger partial charge in [-0.2, -0.15) is 26.3 Å². The van der Waals surface area contributed by atoms with Gasteiger partial charge >= 0.3 is 18.3 Å². The summed E-state index contributed by atoms with van der Waals surface area (Å²) in [6.45, 7) is 1.40. The van der Waals surface area contributed by atoms with Gasteiger partial charge in [0.15, 0.2) is 5.82 Å². The molecule has 1 fully saturated rings. The number of carbonyl (C=O) groups excluding carboxylic acids is 2. The van der Waals surface area contributed by atoms with E-state index in [4.69, 9.17) is 4.74 Å². The van der Waals surface area contributed by atoms with Crippen molar-refractivity contribution in [3.8, 4) is 11.6 Å². The number of esters is 1. The molecule has 0 spiro atoms. The molecular weight excluding hydrogens is 534 g/mol. The minimum Gasteiger partial charge on any atom is -0.477 e. The number of nitrogens with zero attached hydrogens (tertiary/aromatic N) is 4. The summed E-state index contributed by atoms with van der Waals surface area (Å²) in [5, 5.41) is 8.27. The van der Waals surface area contributed by atoms with E-state index in [0.717, 1.165) is 35.6 Å². The number of alkyl halides is 6. The van der Waals surface area contributed by atoms with Crippen LogP contribution in [0.2, 0.25) is 0 Å². The predicted octanol–water partition coefficient (Wildman–Crippen LogP) is 4.41. The minimum atomic E-state index is -5.51. The Kier molecular flexibility index (Phi) is 6.89. The highest BCUT2D eigenvalue weighted by Gasteiger charge is 2.45. The van der Waals surface area contributed by atoms with E-state index < -0.39 is 41.1 Å². The molecule has 2 aliphatic heterocycles. The summed E-state index contributed by atoms with van der Waals surface area (Å²) in [6.07, 6.45) is -7.32. The maximum Gasteiger partial charge on any atom is 0.491 e. The molecule has 5 rings (SSSR count). The van der Waals surface area contributed by atoms with Crippen molar-refractivity contribution in [2.75, 3.05) is 37.7 Å². The molecule has 208 valence electrons. The standard InChI is InChI=1S/C25H22F6N4O4/c26-24(27,28)21-17(2-1-3-18(21)39-23(37)25(29,30)31)22(36)35-12-15-10-34(11-16(15)13-35)19-6-7-20(33-32-19)38-9-8-14-4-5-14/h1-3,6-7,14H,4-5,8-13H2. The molecule has 0 unspecified atom stereocenters. The van der Waals surface area contributed by atoms with Crippen LogP contribution in [-0.4, -0.2) is 65.9 Å². The molecule has 3 heterocycles. The summed E-state index contributed by atoms with van der Waals surface area (Å²) in [5.41, 5.74) is -1.00. The number of amides is 1. The van der Waals surface area contributed by atoms with Crippen LogP contribution in [0.3, 0.4) is 0 Å². The lowest BCUT2D eigenvalue weighted by molar-refractivity contribution is -0.190. The van der Waals surface area contributed by atoms with Crippen LogP contribution >= 0.6 is 0 Å². The highest BCUT2D eigenvalue weighted by molar-refractivity contribution is 5.97. The van der Waals surface area contributed by atoms with Crippen molar-refractivity contribution in [1.82, 2.24) is 15.1 Å². The smallest absolute Gasteiger partial charge is 0.477 e. The highest BCUT2D eigenvalue weighted by Crippen LogP contribution is 2.41. The molecule has 1 aromatic carbocycles. The van der Waals surface area contributed by atoms with Gasteiger partial charge in [-0.15, -0.1) is 10.2 Å². The second-order valence-corrected chi connectivity index (χ2v) is 9.60. The number of hydrogen-bond donors (Lipinski definition) is 0. The lowest BCUT2D eigenvalue weighted by Gasteiger charge is -2.25. The molecule has 1 aliphatic carbocycles. The number of benzene rings is 1. The largest absolute Gasteiger partial charge is 0.491 e. The molecule has 0 saturated heterocycles. The van der Waals surface area contributed by atoms with Crippen molar-refractivity contribution < 1.29 is 45.4 Å². The molecule has 39 heavy (non-hydrogen) atoms. The Morgan fingerprint density at radius 3 is 2.18 bits per heavy atom. The van der Waals surface area contributed by atoms with Gasteiger partial charge in [0.25, 0.3) is 5.91 Å². The van der Waals surface area contributed by atoms with Gasteiger partial charge in [-0.05, 0) is 41.7 Å². The third-order valence-corrected chi connectivity index (χ3v) is 6.71. The lowest BCUT2D eigenvalue weighted by atomic mass is 10.0. The van der Waals surface area contributed by atoms with E-state index in [1.807, 2.05) is 4.90 Å². The molecule has 1 saturated carbocycles. The number of anilines is 1. The Bertz CT molecular complexity index is 1290. The van der Waals surface area contributed by atoms with Crippen molar-refractivity contribution in [2.24, 2.45) is 5.92 Å². The van der Waals surface area contributed by atoms with Gasteiger partial charge in [-0.3, -0.25) is 4.79 Å². The van der Waals surface area contributed by atoms with Crippen LogP contribution in [0.4, 0.5) is 32.2 Å². The molecule has 2 aromatic rings. The number of rotatable bonds is 7. The van der Waals surface area contributed by atoms with E-state index in [1.165, 1.54) is 17.7 Å². The Morgan fingerprint density at radius 2 is 1.62 bits per heavy atom. The van der Waals surface area contributed by atoms with E-state index in [1.54, 1.807) is 12.1 Å². The zero-order chi connectivity index (χ0) is 27.9. The van der Waals surface area contributed by atoms with E-state index in [2.05, 4.69) is 14.9 Å². The second kappa shape index (κ2) is 10.0. The van der Waals surface area contributed by atoms with Crippen molar-refractivity contribution in [2.45, 2.75) is 31.6 Å². The molecular formula is C25H22F6N4O4. The van der Waals surface area contributed by atoms with Crippen LogP contribution in [0.1, 0.15) is 35.2 Å². The Morgan fingerprint density at radius 1 is 0.923 bits per heavy atom. The first-order chi connectivity index (χ1) is 18.4. The van der Waals surface area contributed by atoms with Crippen LogP contribution in [-0.2, 0) is 11.0 Å². The van der Waals surface area contributed by atoms with Gasteiger partial charge in [-0.25, -0.2) is 4.79 Å². The quantitative estimate of drug-likeness (QED) is 0.216. The van der Waals surface area contributed by atoms with Crippen LogP contribution in [0.25, 0.3) is 0 Å². The van der Waals surface area contributed by atoms with Crippen molar-refractivity contribution >= 4 is 17.7 Å². The number of ether oxygens (including phenoxy) is 2. The molecule has 0 N–H and O–H groups in total. The van der Waals surface area contributed by atoms with Crippen LogP contribution in [0.15, 0.2) is 41.5 Å². The zero-order valence-corrected chi connectivity index (χ0v) is 20.3. The van der Waals surface area contributed by atoms with E-state index in [9.17, 15) is 35.9 Å². The fourth-order valence-corrected chi connectivity index (χ4v) is 4.60. The Labute approximate surface area is 218 Å². The fraction of sp³-hybridized carbons (Fsp3) is 0.440. The summed E-state index contributed by atoms with van der Waals surface area (Å²) in [5.74, 6) is -3.52. The maximum absolute atomic E-state index is 13.8. The predicted molar refractivity (Wildman–Crippen MR) is 123 cm³/mol. The van der Waals surface area contributed by atoms with Crippen LogP contribution < -0.4 is 14.4 Å². The fourth-order valence-electron chi connectivity index (χ4n) is 4.60. The SMILES string of the molecule is O=C(c1cccc(OC(=O)C(F)(F)F)c1C(F)(F)F)N1CC2=C(C1)CN(c1ccc(OCCC3CC3)nn1)C2. The molecule has 1 amide bonds. The van der Waals surface area contributed by atoms with Gasteiger partial charge < -0.3 is 19.3 Å². The minimum absolute atomic E-state index is 0.0321. The third-order valence-electron chi connectivity index (χ3n) is 6.71. The first-order valence-corrected chi connectivity index (χ1v) is 12.1. The number of halogens is 6. The van der Waals surface area contributed by atoms with Crippen LogP contribution in [0, 0.1) is 5.92 Å². The highest BCUT2D eigenvalue weighted by atomic mass is 19.4. The molecule has 14 heteroatoms. The molecule has 0 atom stereocenters. The normalized spacial score (nSPS) is 17.5. The molecule has 3 aliphatic rings. The molecule has 0 bridgehead atoms. The van der Waals surface area contributed by atoms with E-state index in [0.29, 0.717) is 37.5 Å². The summed E-state index contributed by atoms with van der Waals surface area (Å²) in [7, 11) is 0. The maximum atomic E-state index is 13.8. The topological polar surface area (TPSA) is 84.9 Å². The lowest BCUT2D eigenvalue weighted by Crippen LogP contribution is -2.35. The van der Waals surface area contributed by atoms with Crippen LogP contribution in [0.5, 0.6) is 11.6 Å². The van der Waals surface area contributed by atoms with Gasteiger partial charge in [-0.1, -0.05) is 18.9 Å². The zero-order valence-electron chi connectivity index (χ0n) is 20.3. The van der Waals surface area contributed by atoms with E-state index >= 15 is 0 Å². The van der Waals surface area contributed by atoms with Crippen molar-refractivity contribution in [3.05, 3.63) is 52.6 Å². The number of hydrogen-bond acceptors (Lipinski definition) is 7. The van der Waals surface area contributed by atoms with E-state index in [-0.39, 0.29) is 13.1 Å². The third kappa shape index (κ3) is 5.93. The second-order valence-electron chi connectivity index (χ2n) is 9.60. The first-order valence-electron chi connectivity index (χ1n) is 12.1. The summed E-state index contributed by atoms with van der Waals surface area (Å²) in [6, 6.07) is 5.81. The summed E-state index contributed by atoms with van der Waals surface area (Å²) in [4.78, 5) is 27.4. The first kappa shape index (κ1) is 26.8. The Hall–Kier alpha value is -3.84. The van der Waals surface area contributed by atoms with Crippen molar-refractivity contribution in [1.29, 1.82) is 0 Å². The number of carbonyl (C=O) groups is 2. The summed E-state index contributed by atoms with van der Waals surface area (Å²) < 4.78 is 88.8. The van der Waals surface area contributed by atoms with Crippen molar-refractivity contribution in [3.63, 3.8) is 0 Å². The number of aromatic nitrogens is 2. The monoisotopic (exact) mass is 556 g/mol. The van der Waals surface area contributed by atoms with Gasteiger partial charge in [0.05, 0.1) is 12.2 Å². The van der Waals surface area contributed by atoms with Gasteiger partial charge in [0.2, 0.25) is 5.88 Å². The summed E-state index contributed by atoms with van der Waals surface area (Å²) >= 11 is 0. The average molecular weight is 556 g/mol. The molecule has 8 nitrogen and oxygen atoms in total. The average Bonchev–Trinajstić information content (AvgIpc) is 3.47. The molecule has 1 aromatic heterocycles. The Balaban J connectivity index is 1.24. The van der Waals surface area contributed by atoms with Gasteiger partial charge in [0.1, 0.15) is 11.3 Å². The molecule has 0 radical (unpaired) electrons.